The number of anilines is 1. The van der Waals surface area contributed by atoms with E-state index in [1.54, 1.807) is 24.1 Å². The van der Waals surface area contributed by atoms with Gasteiger partial charge in [-0.3, -0.25) is 4.79 Å². The minimum absolute atomic E-state index is 0.108. The highest BCUT2D eigenvalue weighted by atomic mass is 32.2. The van der Waals surface area contributed by atoms with Crippen molar-refractivity contribution < 1.29 is 17.6 Å². The molecule has 1 amide bonds. The minimum atomic E-state index is -2.98. The topological polar surface area (TPSA) is 92.3 Å². The minimum Gasteiger partial charge on any atom is -0.354 e. The summed E-state index contributed by atoms with van der Waals surface area (Å²) in [6.07, 6.45) is 3.99. The third kappa shape index (κ3) is 5.00. The first-order valence-corrected chi connectivity index (χ1v) is 10.4. The number of hydrogen-bond donors (Lipinski definition) is 1. The second-order valence-corrected chi connectivity index (χ2v) is 8.79. The monoisotopic (exact) mass is 392 g/mol. The Morgan fingerprint density at radius 3 is 2.59 bits per heavy atom. The molecule has 1 atom stereocenters. The van der Waals surface area contributed by atoms with Crippen LogP contribution in [-0.2, 0) is 16.3 Å². The average molecular weight is 392 g/mol. The first-order valence-electron chi connectivity index (χ1n) is 8.62. The quantitative estimate of drug-likeness (QED) is 0.795. The van der Waals surface area contributed by atoms with Crippen LogP contribution in [0.5, 0.6) is 0 Å². The summed E-state index contributed by atoms with van der Waals surface area (Å²) < 4.78 is 36.1. The van der Waals surface area contributed by atoms with Crippen LogP contribution < -0.4 is 10.2 Å². The Hall–Kier alpha value is -2.55. The van der Waals surface area contributed by atoms with Crippen LogP contribution in [0.15, 0.2) is 36.7 Å². The maximum atomic E-state index is 12.9. The van der Waals surface area contributed by atoms with Crippen molar-refractivity contribution in [2.45, 2.75) is 18.9 Å². The van der Waals surface area contributed by atoms with E-state index in [1.807, 2.05) is 0 Å². The van der Waals surface area contributed by atoms with E-state index < -0.39 is 9.84 Å². The van der Waals surface area contributed by atoms with E-state index in [4.69, 9.17) is 0 Å². The van der Waals surface area contributed by atoms with Gasteiger partial charge in [0.2, 0.25) is 0 Å². The number of rotatable bonds is 6. The number of amides is 1. The van der Waals surface area contributed by atoms with Gasteiger partial charge in [-0.25, -0.2) is 22.8 Å². The standard InChI is InChI=1S/C18H21FN4O3S/c1-23(15-7-9-27(25,26)12-15)17-11-21-16(10-22-17)18(24)20-8-6-13-2-4-14(19)5-3-13/h2-5,10-11,15H,6-9,12H2,1H3,(H,20,24). The molecule has 1 N–H and O–H groups in total. The summed E-state index contributed by atoms with van der Waals surface area (Å²) in [5, 5.41) is 2.75. The zero-order valence-electron chi connectivity index (χ0n) is 14.9. The molecule has 1 saturated heterocycles. The molecule has 27 heavy (non-hydrogen) atoms. The van der Waals surface area contributed by atoms with E-state index in [0.717, 1.165) is 5.56 Å². The Labute approximate surface area is 157 Å². The van der Waals surface area contributed by atoms with E-state index >= 15 is 0 Å². The summed E-state index contributed by atoms with van der Waals surface area (Å²) in [5.74, 6) is 0.182. The largest absolute Gasteiger partial charge is 0.354 e. The van der Waals surface area contributed by atoms with E-state index in [-0.39, 0.29) is 35.0 Å². The van der Waals surface area contributed by atoms with Gasteiger partial charge in [0.25, 0.3) is 5.91 Å². The van der Waals surface area contributed by atoms with E-state index in [0.29, 0.717) is 25.2 Å². The van der Waals surface area contributed by atoms with Crippen molar-refractivity contribution in [1.29, 1.82) is 0 Å². The molecular weight excluding hydrogens is 371 g/mol. The summed E-state index contributed by atoms with van der Waals surface area (Å²) in [4.78, 5) is 22.3. The van der Waals surface area contributed by atoms with E-state index in [1.165, 1.54) is 24.5 Å². The number of halogens is 1. The van der Waals surface area contributed by atoms with Gasteiger partial charge in [-0.15, -0.1) is 0 Å². The lowest BCUT2D eigenvalue weighted by atomic mass is 10.1. The van der Waals surface area contributed by atoms with Crippen molar-refractivity contribution in [2.24, 2.45) is 0 Å². The molecule has 144 valence electrons. The van der Waals surface area contributed by atoms with E-state index in [9.17, 15) is 17.6 Å². The molecule has 1 unspecified atom stereocenters. The average Bonchev–Trinajstić information content (AvgIpc) is 3.02. The second-order valence-electron chi connectivity index (χ2n) is 6.56. The van der Waals surface area contributed by atoms with Gasteiger partial charge in [0.05, 0.1) is 23.9 Å². The van der Waals surface area contributed by atoms with Gasteiger partial charge in [0.1, 0.15) is 17.3 Å². The van der Waals surface area contributed by atoms with Crippen molar-refractivity contribution in [3.63, 3.8) is 0 Å². The van der Waals surface area contributed by atoms with Crippen LogP contribution in [0.25, 0.3) is 0 Å². The van der Waals surface area contributed by atoms with Crippen LogP contribution in [0.2, 0.25) is 0 Å². The van der Waals surface area contributed by atoms with Crippen molar-refractivity contribution >= 4 is 21.6 Å². The van der Waals surface area contributed by atoms with Gasteiger partial charge < -0.3 is 10.2 Å². The third-order valence-electron chi connectivity index (χ3n) is 4.60. The molecule has 1 aliphatic heterocycles. The van der Waals surface area contributed by atoms with Gasteiger partial charge in [0.15, 0.2) is 9.84 Å². The molecule has 2 heterocycles. The molecule has 1 aromatic carbocycles. The maximum absolute atomic E-state index is 12.9. The Bertz CT molecular complexity index is 901. The van der Waals surface area contributed by atoms with E-state index in [2.05, 4.69) is 15.3 Å². The number of carbonyl (C=O) groups excluding carboxylic acids is 1. The number of benzene rings is 1. The van der Waals surface area contributed by atoms with Crippen LogP contribution in [0.4, 0.5) is 10.2 Å². The van der Waals surface area contributed by atoms with Crippen molar-refractivity contribution in [1.82, 2.24) is 15.3 Å². The fourth-order valence-electron chi connectivity index (χ4n) is 2.95. The van der Waals surface area contributed by atoms with Crippen LogP contribution in [0.3, 0.4) is 0 Å². The molecule has 0 radical (unpaired) electrons. The van der Waals surface area contributed by atoms with Crippen molar-refractivity contribution in [3.8, 4) is 0 Å². The Morgan fingerprint density at radius 1 is 1.26 bits per heavy atom. The van der Waals surface area contributed by atoms with Gasteiger partial charge >= 0.3 is 0 Å². The third-order valence-corrected chi connectivity index (χ3v) is 6.35. The van der Waals surface area contributed by atoms with Crippen LogP contribution in [0, 0.1) is 5.82 Å². The van der Waals surface area contributed by atoms with Crippen molar-refractivity contribution in [2.75, 3.05) is 30.0 Å². The molecule has 0 spiro atoms. The SMILES string of the molecule is CN(c1cnc(C(=O)NCCc2ccc(F)cc2)cn1)C1CCS(=O)(=O)C1. The molecule has 0 aliphatic carbocycles. The van der Waals surface area contributed by atoms with Crippen LogP contribution in [-0.4, -0.2) is 55.4 Å². The Kier molecular flexibility index (Phi) is 5.69. The van der Waals surface area contributed by atoms with Gasteiger partial charge in [0, 0.05) is 19.6 Å². The summed E-state index contributed by atoms with van der Waals surface area (Å²) in [5.41, 5.74) is 1.11. The zero-order chi connectivity index (χ0) is 19.4. The Morgan fingerprint density at radius 2 is 2.00 bits per heavy atom. The molecule has 1 aromatic heterocycles. The summed E-state index contributed by atoms with van der Waals surface area (Å²) in [6.45, 7) is 0.397. The number of carbonyl (C=O) groups is 1. The number of sulfone groups is 1. The number of hydrogen-bond acceptors (Lipinski definition) is 6. The molecule has 0 saturated carbocycles. The molecule has 7 nitrogen and oxygen atoms in total. The highest BCUT2D eigenvalue weighted by molar-refractivity contribution is 7.91. The zero-order valence-corrected chi connectivity index (χ0v) is 15.7. The summed E-state index contributed by atoms with van der Waals surface area (Å²) in [6, 6.07) is 5.99. The second kappa shape index (κ2) is 7.99. The lowest BCUT2D eigenvalue weighted by Gasteiger charge is -2.23. The summed E-state index contributed by atoms with van der Waals surface area (Å²) >= 11 is 0. The molecule has 2 aromatic rings. The van der Waals surface area contributed by atoms with Gasteiger partial charge in [-0.1, -0.05) is 12.1 Å². The smallest absolute Gasteiger partial charge is 0.271 e. The lowest BCUT2D eigenvalue weighted by Crippen LogP contribution is -2.33. The Balaban J connectivity index is 1.53. The number of nitrogens with one attached hydrogen (secondary N) is 1. The molecule has 3 rings (SSSR count). The highest BCUT2D eigenvalue weighted by Gasteiger charge is 2.31. The first-order chi connectivity index (χ1) is 12.8. The maximum Gasteiger partial charge on any atom is 0.271 e. The fourth-order valence-corrected chi connectivity index (χ4v) is 4.72. The molecule has 1 aliphatic rings. The summed E-state index contributed by atoms with van der Waals surface area (Å²) in [7, 11) is -1.20. The van der Waals surface area contributed by atoms with Crippen LogP contribution >= 0.6 is 0 Å². The first kappa shape index (κ1) is 19.2. The van der Waals surface area contributed by atoms with Gasteiger partial charge in [-0.2, -0.15) is 0 Å². The number of aromatic nitrogens is 2. The molecule has 9 heteroatoms. The predicted molar refractivity (Wildman–Crippen MR) is 99.9 cm³/mol. The molecule has 1 fully saturated rings. The molecule has 0 bridgehead atoms. The predicted octanol–water partition coefficient (Wildman–Crippen LogP) is 1.21. The molecular formula is C18H21FN4O3S. The number of nitrogens with zero attached hydrogens (tertiary/aromatic N) is 3. The highest BCUT2D eigenvalue weighted by Crippen LogP contribution is 2.20. The fraction of sp³-hybridized carbons (Fsp3) is 0.389. The lowest BCUT2D eigenvalue weighted by molar-refractivity contribution is 0.0948. The van der Waals surface area contributed by atoms with Crippen LogP contribution in [0.1, 0.15) is 22.5 Å². The van der Waals surface area contributed by atoms with Crippen molar-refractivity contribution in [3.05, 3.63) is 53.7 Å². The normalized spacial score (nSPS) is 18.2. The van der Waals surface area contributed by atoms with Gasteiger partial charge in [-0.05, 0) is 30.5 Å².